The summed E-state index contributed by atoms with van der Waals surface area (Å²) in [6.45, 7) is 4.30. The van der Waals surface area contributed by atoms with E-state index in [2.05, 4.69) is 21.1 Å². The fraction of sp³-hybridized carbons (Fsp3) is 0.750. The molecule has 0 spiro atoms. The van der Waals surface area contributed by atoms with Gasteiger partial charge in [0.1, 0.15) is 0 Å². The molecule has 0 aromatic carbocycles. The second-order valence-corrected chi connectivity index (χ2v) is 6.80. The number of likely N-dealkylation sites (tertiary alicyclic amines) is 2. The van der Waals surface area contributed by atoms with Gasteiger partial charge in [0, 0.05) is 57.1 Å². The SMILES string of the molecule is Cn1cc(CN2CC[C@H]3[C@@H]2CCN3C(=O)C2CCOC2)cn1. The van der Waals surface area contributed by atoms with Gasteiger partial charge in [-0.2, -0.15) is 5.10 Å². The standard InChI is InChI=1S/C16H24N4O2/c1-18-9-12(8-17-18)10-19-5-2-15-14(19)3-6-20(15)16(21)13-4-7-22-11-13/h8-9,13-15H,2-7,10-11H2,1H3/t13?,14-,15-/m0/s1. The molecule has 0 N–H and O–H groups in total. The van der Waals surface area contributed by atoms with E-state index in [1.165, 1.54) is 5.56 Å². The van der Waals surface area contributed by atoms with Gasteiger partial charge in [0.15, 0.2) is 0 Å². The van der Waals surface area contributed by atoms with E-state index in [0.717, 1.165) is 45.5 Å². The Bertz CT molecular complexity index is 552. The highest BCUT2D eigenvalue weighted by Crippen LogP contribution is 2.34. The molecular weight excluding hydrogens is 280 g/mol. The Morgan fingerprint density at radius 1 is 1.32 bits per heavy atom. The molecule has 3 atom stereocenters. The molecule has 3 fully saturated rings. The molecule has 3 saturated heterocycles. The predicted octanol–water partition coefficient (Wildman–Crippen LogP) is 0.632. The number of hydrogen-bond acceptors (Lipinski definition) is 4. The summed E-state index contributed by atoms with van der Waals surface area (Å²) >= 11 is 0. The van der Waals surface area contributed by atoms with Gasteiger partial charge in [-0.05, 0) is 19.3 Å². The van der Waals surface area contributed by atoms with Gasteiger partial charge in [-0.15, -0.1) is 0 Å². The molecule has 6 nitrogen and oxygen atoms in total. The molecule has 1 aromatic heterocycles. The lowest BCUT2D eigenvalue weighted by molar-refractivity contribution is -0.136. The maximum atomic E-state index is 12.7. The average molecular weight is 304 g/mol. The summed E-state index contributed by atoms with van der Waals surface area (Å²) in [5, 5.41) is 4.25. The van der Waals surface area contributed by atoms with Crippen LogP contribution < -0.4 is 0 Å². The van der Waals surface area contributed by atoms with E-state index in [1.807, 2.05) is 17.9 Å². The normalized spacial score (nSPS) is 31.9. The van der Waals surface area contributed by atoms with Crippen LogP contribution >= 0.6 is 0 Å². The van der Waals surface area contributed by atoms with Gasteiger partial charge in [0.05, 0.1) is 18.7 Å². The monoisotopic (exact) mass is 304 g/mol. The van der Waals surface area contributed by atoms with Gasteiger partial charge in [-0.1, -0.05) is 0 Å². The number of hydrogen-bond donors (Lipinski definition) is 0. The Labute approximate surface area is 131 Å². The topological polar surface area (TPSA) is 50.6 Å². The third kappa shape index (κ3) is 2.44. The predicted molar refractivity (Wildman–Crippen MR) is 81.1 cm³/mol. The van der Waals surface area contributed by atoms with Crippen molar-refractivity contribution in [3.8, 4) is 0 Å². The smallest absolute Gasteiger partial charge is 0.228 e. The van der Waals surface area contributed by atoms with Crippen molar-refractivity contribution >= 4 is 5.91 Å². The highest BCUT2D eigenvalue weighted by atomic mass is 16.5. The molecule has 0 aliphatic carbocycles. The van der Waals surface area contributed by atoms with Gasteiger partial charge >= 0.3 is 0 Å². The summed E-state index contributed by atoms with van der Waals surface area (Å²) in [7, 11) is 1.95. The van der Waals surface area contributed by atoms with Crippen molar-refractivity contribution in [2.75, 3.05) is 26.3 Å². The molecule has 120 valence electrons. The molecule has 4 rings (SSSR count). The fourth-order valence-electron chi connectivity index (χ4n) is 4.30. The highest BCUT2D eigenvalue weighted by molar-refractivity contribution is 5.80. The van der Waals surface area contributed by atoms with Crippen LogP contribution in [-0.4, -0.2) is 63.9 Å². The van der Waals surface area contributed by atoms with Crippen molar-refractivity contribution < 1.29 is 9.53 Å². The molecular formula is C16H24N4O2. The summed E-state index contributed by atoms with van der Waals surface area (Å²) in [6.07, 6.45) is 7.13. The van der Waals surface area contributed by atoms with E-state index in [0.29, 0.717) is 24.6 Å². The van der Waals surface area contributed by atoms with Crippen molar-refractivity contribution in [1.82, 2.24) is 19.6 Å². The molecule has 0 radical (unpaired) electrons. The number of carbonyl (C=O) groups excluding carboxylic acids is 1. The molecule has 1 amide bonds. The van der Waals surface area contributed by atoms with E-state index < -0.39 is 0 Å². The average Bonchev–Trinajstić information content (AvgIpc) is 3.24. The largest absolute Gasteiger partial charge is 0.381 e. The van der Waals surface area contributed by atoms with Crippen LogP contribution in [0.25, 0.3) is 0 Å². The Morgan fingerprint density at radius 3 is 2.91 bits per heavy atom. The molecule has 22 heavy (non-hydrogen) atoms. The minimum absolute atomic E-state index is 0.103. The van der Waals surface area contributed by atoms with Crippen molar-refractivity contribution in [3.05, 3.63) is 18.0 Å². The first-order chi connectivity index (χ1) is 10.7. The number of aromatic nitrogens is 2. The van der Waals surface area contributed by atoms with Crippen LogP contribution in [0.3, 0.4) is 0 Å². The van der Waals surface area contributed by atoms with Crippen LogP contribution in [-0.2, 0) is 23.1 Å². The lowest BCUT2D eigenvalue weighted by atomic mass is 10.1. The first kappa shape index (κ1) is 14.2. The van der Waals surface area contributed by atoms with Crippen LogP contribution in [0.1, 0.15) is 24.8 Å². The van der Waals surface area contributed by atoms with Crippen LogP contribution in [0.15, 0.2) is 12.4 Å². The number of amides is 1. The van der Waals surface area contributed by atoms with E-state index in [4.69, 9.17) is 4.74 Å². The van der Waals surface area contributed by atoms with Crippen molar-refractivity contribution in [2.45, 2.75) is 37.9 Å². The molecule has 1 aromatic rings. The maximum Gasteiger partial charge on any atom is 0.228 e. The van der Waals surface area contributed by atoms with Crippen LogP contribution in [0.5, 0.6) is 0 Å². The zero-order valence-corrected chi connectivity index (χ0v) is 13.1. The summed E-state index contributed by atoms with van der Waals surface area (Å²) in [6, 6.07) is 0.927. The molecule has 1 unspecified atom stereocenters. The lowest BCUT2D eigenvalue weighted by Gasteiger charge is -2.27. The van der Waals surface area contributed by atoms with Crippen LogP contribution in [0.4, 0.5) is 0 Å². The second-order valence-electron chi connectivity index (χ2n) is 6.80. The highest BCUT2D eigenvalue weighted by Gasteiger charge is 2.45. The molecule has 0 saturated carbocycles. The third-order valence-corrected chi connectivity index (χ3v) is 5.40. The fourth-order valence-corrected chi connectivity index (χ4v) is 4.30. The van der Waals surface area contributed by atoms with Crippen molar-refractivity contribution in [2.24, 2.45) is 13.0 Å². The lowest BCUT2D eigenvalue weighted by Crippen LogP contribution is -2.42. The van der Waals surface area contributed by atoms with Gasteiger partial charge in [-0.3, -0.25) is 14.4 Å². The zero-order valence-electron chi connectivity index (χ0n) is 13.1. The zero-order chi connectivity index (χ0) is 15.1. The minimum Gasteiger partial charge on any atom is -0.381 e. The van der Waals surface area contributed by atoms with E-state index in [-0.39, 0.29) is 5.92 Å². The number of nitrogens with zero attached hydrogens (tertiary/aromatic N) is 4. The number of aryl methyl sites for hydroxylation is 1. The Hall–Kier alpha value is -1.40. The van der Waals surface area contributed by atoms with Crippen molar-refractivity contribution in [3.63, 3.8) is 0 Å². The second kappa shape index (κ2) is 5.66. The number of ether oxygens (including phenoxy) is 1. The number of rotatable bonds is 3. The first-order valence-corrected chi connectivity index (χ1v) is 8.32. The third-order valence-electron chi connectivity index (χ3n) is 5.40. The quantitative estimate of drug-likeness (QED) is 0.822. The first-order valence-electron chi connectivity index (χ1n) is 8.32. The molecule has 6 heteroatoms. The van der Waals surface area contributed by atoms with E-state index in [9.17, 15) is 4.79 Å². The summed E-state index contributed by atoms with van der Waals surface area (Å²) in [5.74, 6) is 0.430. The number of fused-ring (bicyclic) bond motifs is 1. The van der Waals surface area contributed by atoms with Crippen LogP contribution in [0.2, 0.25) is 0 Å². The molecule has 0 bridgehead atoms. The van der Waals surface area contributed by atoms with Gasteiger partial charge < -0.3 is 9.64 Å². The molecule has 3 aliphatic rings. The summed E-state index contributed by atoms with van der Waals surface area (Å²) < 4.78 is 7.24. The van der Waals surface area contributed by atoms with Crippen LogP contribution in [0, 0.1) is 5.92 Å². The Balaban J connectivity index is 1.41. The molecule has 3 aliphatic heterocycles. The van der Waals surface area contributed by atoms with E-state index >= 15 is 0 Å². The Morgan fingerprint density at radius 2 is 2.18 bits per heavy atom. The Kier molecular flexibility index (Phi) is 3.66. The molecule has 4 heterocycles. The van der Waals surface area contributed by atoms with Crippen molar-refractivity contribution in [1.29, 1.82) is 0 Å². The summed E-state index contributed by atoms with van der Waals surface area (Å²) in [5.41, 5.74) is 1.26. The van der Waals surface area contributed by atoms with Gasteiger partial charge in [-0.25, -0.2) is 0 Å². The maximum absolute atomic E-state index is 12.7. The summed E-state index contributed by atoms with van der Waals surface area (Å²) in [4.78, 5) is 17.3. The number of carbonyl (C=O) groups is 1. The minimum atomic E-state index is 0.103. The van der Waals surface area contributed by atoms with Gasteiger partial charge in [0.25, 0.3) is 0 Å². The van der Waals surface area contributed by atoms with Gasteiger partial charge in [0.2, 0.25) is 5.91 Å². The van der Waals surface area contributed by atoms with E-state index in [1.54, 1.807) is 0 Å².